The molecule has 0 saturated carbocycles. The molecule has 0 aliphatic carbocycles. The van der Waals surface area contributed by atoms with Crippen molar-refractivity contribution in [1.82, 2.24) is 0 Å². The zero-order valence-electron chi connectivity index (χ0n) is 2.30. The molecule has 0 spiro atoms. The van der Waals surface area contributed by atoms with E-state index in [2.05, 4.69) is 0 Å². The fraction of sp³-hybridized carbons (Fsp3) is 0. The maximum absolute atomic E-state index is 9.88. The van der Waals surface area contributed by atoms with Crippen LogP contribution in [-0.4, -0.2) is 0 Å². The van der Waals surface area contributed by atoms with Gasteiger partial charge in [-0.3, -0.25) is 0 Å². The Morgan fingerprint density at radius 2 is 0.667 bits per heavy atom. The predicted molar refractivity (Wildman–Crippen MR) is 5.54 cm³/mol. The monoisotopic (exact) mass is 147 g/mol. The second-order valence-corrected chi connectivity index (χ2v) is 2.40. The molecule has 0 aromatic carbocycles. The zero-order valence-corrected chi connectivity index (χ0v) is 3.57. The van der Waals surface area contributed by atoms with E-state index in [-0.39, 0.29) is 0 Å². The van der Waals surface area contributed by atoms with E-state index in [1.54, 1.807) is 0 Å². The molecule has 0 atom stereocenters. The summed E-state index contributed by atoms with van der Waals surface area (Å²) in [5.41, 5.74) is 0. The molecule has 0 amide bonds. The van der Waals surface area contributed by atoms with Crippen LogP contribution in [0.3, 0.4) is 0 Å². The summed E-state index contributed by atoms with van der Waals surface area (Å²) in [5.74, 6) is 0. The quantitative estimate of drug-likeness (QED) is 0.460. The van der Waals surface area contributed by atoms with Crippen molar-refractivity contribution >= 4 is 0 Å². The van der Waals surface area contributed by atoms with Crippen LogP contribution in [-0.2, 0) is 14.3 Å². The molecule has 0 aliphatic rings. The normalized spacial score (nSPS) is 19.2. The minimum absolute atomic E-state index is 8.88. The summed E-state index contributed by atoms with van der Waals surface area (Å²) in [6.45, 7) is 0. The summed E-state index contributed by atoms with van der Waals surface area (Å²) in [4.78, 5) is 0. The fourth-order valence-electron chi connectivity index (χ4n) is 0. The van der Waals surface area contributed by atoms with Gasteiger partial charge < -0.3 is 0 Å². The zero-order chi connectivity index (χ0) is 5.45. The third-order valence-electron chi connectivity index (χ3n) is 0. The maximum atomic E-state index is 9.88. The van der Waals surface area contributed by atoms with E-state index in [0.29, 0.717) is 0 Å². The summed E-state index contributed by atoms with van der Waals surface area (Å²) in [7, 11) is 0. The van der Waals surface area contributed by atoms with Crippen LogP contribution in [0.15, 0.2) is 0 Å². The molecule has 0 aromatic rings. The van der Waals surface area contributed by atoms with Crippen LogP contribution >= 0.6 is 0 Å². The SMILES string of the molecule is [F][Cr-2]([F])([F])([F])[F]. The Bertz CT molecular complexity index is 37.1. The van der Waals surface area contributed by atoms with E-state index < -0.39 is 14.3 Å². The molecule has 43 valence electrons. The molecule has 0 aromatic heterocycles. The molecule has 0 radical (unpaired) electrons. The van der Waals surface area contributed by atoms with Crippen molar-refractivity contribution in [1.29, 1.82) is 0 Å². The summed E-state index contributed by atoms with van der Waals surface area (Å²) in [6, 6.07) is 0. The van der Waals surface area contributed by atoms with Crippen molar-refractivity contribution in [3.8, 4) is 0 Å². The van der Waals surface area contributed by atoms with Gasteiger partial charge in [-0.2, -0.15) is 0 Å². The van der Waals surface area contributed by atoms with Gasteiger partial charge in [-0.15, -0.1) is 0 Å². The molecule has 0 nitrogen and oxygen atoms in total. The Kier molecular flexibility index (Phi) is 0.901. The first-order chi connectivity index (χ1) is 2.24. The first-order valence-corrected chi connectivity index (χ1v) is 3.18. The van der Waals surface area contributed by atoms with Crippen LogP contribution in [0.4, 0.5) is 17.6 Å². The van der Waals surface area contributed by atoms with Gasteiger partial charge in [-0.1, -0.05) is 0 Å². The van der Waals surface area contributed by atoms with E-state index in [0.717, 1.165) is 0 Å². The molecular weight excluding hydrogens is 147 g/mol. The minimum atomic E-state index is -8.88. The molecule has 0 aliphatic heterocycles. The van der Waals surface area contributed by atoms with E-state index >= 15 is 0 Å². The molecule has 6 heteroatoms. The second kappa shape index (κ2) is 0.874. The predicted octanol–water partition coefficient (Wildman–Crippen LogP) is 2.10. The van der Waals surface area contributed by atoms with Crippen LogP contribution in [0.25, 0.3) is 0 Å². The topological polar surface area (TPSA) is 0 Å². The number of halogens is 5. The molecule has 0 N–H and O–H groups in total. The van der Waals surface area contributed by atoms with Crippen molar-refractivity contribution < 1.29 is 31.9 Å². The molecule has 0 rings (SSSR count). The third kappa shape index (κ3) is 1270. The van der Waals surface area contributed by atoms with Gasteiger partial charge >= 0.3 is 31.9 Å². The van der Waals surface area contributed by atoms with Crippen molar-refractivity contribution in [2.45, 2.75) is 0 Å². The first kappa shape index (κ1) is 6.18. The Hall–Kier alpha value is 0.182. The van der Waals surface area contributed by atoms with Gasteiger partial charge in [0.2, 0.25) is 0 Å². The van der Waals surface area contributed by atoms with Gasteiger partial charge in [-0.05, 0) is 0 Å². The van der Waals surface area contributed by atoms with Gasteiger partial charge in [0.15, 0.2) is 0 Å². The summed E-state index contributed by atoms with van der Waals surface area (Å²) < 4.78 is 49.4. The summed E-state index contributed by atoms with van der Waals surface area (Å²) >= 11 is -8.88. The molecule has 0 bridgehead atoms. The third-order valence-corrected chi connectivity index (χ3v) is 0. The Morgan fingerprint density at radius 1 is 0.667 bits per heavy atom. The average molecular weight is 147 g/mol. The standard InChI is InChI=1S/Cr.5FH/h;5*1H/q+3;;;;;/p-5. The van der Waals surface area contributed by atoms with Gasteiger partial charge in [0.1, 0.15) is 0 Å². The van der Waals surface area contributed by atoms with E-state index in [1.807, 2.05) is 0 Å². The Morgan fingerprint density at radius 3 is 0.667 bits per heavy atom. The summed E-state index contributed by atoms with van der Waals surface area (Å²) in [5, 5.41) is 0. The van der Waals surface area contributed by atoms with E-state index in [4.69, 9.17) is 0 Å². The van der Waals surface area contributed by atoms with Crippen molar-refractivity contribution in [3.63, 3.8) is 0 Å². The molecule has 0 heterocycles. The number of rotatable bonds is 0. The average Bonchev–Trinajstić information content (AvgIpc) is 0.650. The molecular formula is CrF5-2. The number of hydrogen-bond donors (Lipinski definition) is 0. The van der Waals surface area contributed by atoms with Gasteiger partial charge in [0.05, 0.1) is 0 Å². The van der Waals surface area contributed by atoms with Crippen LogP contribution in [0.1, 0.15) is 0 Å². The van der Waals surface area contributed by atoms with Crippen molar-refractivity contribution in [2.24, 2.45) is 0 Å². The van der Waals surface area contributed by atoms with Gasteiger partial charge in [0.25, 0.3) is 0 Å². The van der Waals surface area contributed by atoms with Crippen LogP contribution in [0.5, 0.6) is 0 Å². The van der Waals surface area contributed by atoms with Gasteiger partial charge in [0, 0.05) is 0 Å². The first-order valence-electron chi connectivity index (χ1n) is 0.772. The van der Waals surface area contributed by atoms with E-state index in [9.17, 15) is 17.6 Å². The van der Waals surface area contributed by atoms with Crippen LogP contribution < -0.4 is 0 Å². The van der Waals surface area contributed by atoms with Crippen molar-refractivity contribution in [2.75, 3.05) is 0 Å². The molecule has 6 heavy (non-hydrogen) atoms. The Balaban J connectivity index is 3.73. The number of hydrogen-bond acceptors (Lipinski definition) is 0. The molecule has 0 fully saturated rings. The fourth-order valence-corrected chi connectivity index (χ4v) is 0. The Labute approximate surface area is 32.9 Å². The van der Waals surface area contributed by atoms with Crippen LogP contribution in [0.2, 0.25) is 0 Å². The molecule has 0 saturated heterocycles. The van der Waals surface area contributed by atoms with Crippen LogP contribution in [0, 0.1) is 0 Å². The summed E-state index contributed by atoms with van der Waals surface area (Å²) in [6.07, 6.45) is 0. The molecule has 0 unspecified atom stereocenters. The van der Waals surface area contributed by atoms with Gasteiger partial charge in [-0.25, -0.2) is 0 Å². The van der Waals surface area contributed by atoms with E-state index in [1.165, 1.54) is 0 Å². The second-order valence-electron chi connectivity index (χ2n) is 0.583. The van der Waals surface area contributed by atoms with Crippen molar-refractivity contribution in [3.05, 3.63) is 0 Å².